The minimum atomic E-state index is 0.483. The molecule has 0 amide bonds. The quantitative estimate of drug-likeness (QED) is 0.568. The highest BCUT2D eigenvalue weighted by Crippen LogP contribution is 2.39. The first-order valence-electron chi connectivity index (χ1n) is 7.87. The van der Waals surface area contributed by atoms with Gasteiger partial charge in [-0.15, -0.1) is 0 Å². The van der Waals surface area contributed by atoms with Crippen LogP contribution < -0.4 is 24.8 Å². The van der Waals surface area contributed by atoms with Gasteiger partial charge < -0.3 is 24.8 Å². The van der Waals surface area contributed by atoms with Crippen molar-refractivity contribution in [3.05, 3.63) is 17.7 Å². The Morgan fingerprint density at radius 1 is 1.04 bits per heavy atom. The van der Waals surface area contributed by atoms with Crippen molar-refractivity contribution >= 4 is 5.96 Å². The highest BCUT2D eigenvalue weighted by molar-refractivity contribution is 5.79. The van der Waals surface area contributed by atoms with Crippen molar-refractivity contribution in [3.8, 4) is 17.2 Å². The van der Waals surface area contributed by atoms with Crippen LogP contribution in [0.3, 0.4) is 0 Å². The van der Waals surface area contributed by atoms with Crippen LogP contribution in [-0.2, 0) is 6.54 Å². The molecular formula is C17H29N3O3. The third-order valence-electron chi connectivity index (χ3n) is 3.22. The van der Waals surface area contributed by atoms with Crippen molar-refractivity contribution in [3.63, 3.8) is 0 Å². The van der Waals surface area contributed by atoms with E-state index in [0.717, 1.165) is 24.6 Å². The molecule has 0 aliphatic rings. The summed E-state index contributed by atoms with van der Waals surface area (Å²) < 4.78 is 16.2. The van der Waals surface area contributed by atoms with Crippen molar-refractivity contribution in [2.75, 3.05) is 34.4 Å². The van der Waals surface area contributed by atoms with Gasteiger partial charge in [0.05, 0.1) is 27.9 Å². The Balaban J connectivity index is 2.99. The molecular weight excluding hydrogens is 294 g/mol. The average Bonchev–Trinajstić information content (AvgIpc) is 2.55. The molecule has 0 aliphatic carbocycles. The van der Waals surface area contributed by atoms with Gasteiger partial charge >= 0.3 is 0 Å². The second kappa shape index (κ2) is 9.82. The Morgan fingerprint density at radius 3 is 2.26 bits per heavy atom. The van der Waals surface area contributed by atoms with Crippen LogP contribution in [0.4, 0.5) is 0 Å². The predicted molar refractivity (Wildman–Crippen MR) is 93.8 cm³/mol. The van der Waals surface area contributed by atoms with E-state index in [1.54, 1.807) is 21.3 Å². The normalized spacial score (nSPS) is 11.3. The van der Waals surface area contributed by atoms with E-state index >= 15 is 0 Å². The van der Waals surface area contributed by atoms with Gasteiger partial charge in [0.1, 0.15) is 0 Å². The Hall–Kier alpha value is -2.11. The molecule has 0 atom stereocenters. The molecule has 0 aliphatic heterocycles. The van der Waals surface area contributed by atoms with Crippen LogP contribution in [-0.4, -0.2) is 40.4 Å². The summed E-state index contributed by atoms with van der Waals surface area (Å²) in [6, 6.07) is 3.80. The van der Waals surface area contributed by atoms with E-state index in [2.05, 4.69) is 29.5 Å². The lowest BCUT2D eigenvalue weighted by Gasteiger charge is -2.16. The van der Waals surface area contributed by atoms with Gasteiger partial charge in [-0.2, -0.15) is 0 Å². The molecule has 0 radical (unpaired) electrons. The van der Waals surface area contributed by atoms with Gasteiger partial charge in [0.15, 0.2) is 17.5 Å². The number of nitrogens with zero attached hydrogens (tertiary/aromatic N) is 1. The number of aliphatic imine (C=N–C) groups is 1. The minimum absolute atomic E-state index is 0.483. The fourth-order valence-electron chi connectivity index (χ4n) is 2.09. The van der Waals surface area contributed by atoms with E-state index in [9.17, 15) is 0 Å². The molecule has 0 heterocycles. The topological polar surface area (TPSA) is 64.1 Å². The van der Waals surface area contributed by atoms with Crippen molar-refractivity contribution in [1.29, 1.82) is 0 Å². The predicted octanol–water partition coefficient (Wildman–Crippen LogP) is 2.42. The minimum Gasteiger partial charge on any atom is -0.493 e. The lowest BCUT2D eigenvalue weighted by atomic mass is 10.1. The van der Waals surface area contributed by atoms with Crippen LogP contribution in [0.1, 0.15) is 26.3 Å². The van der Waals surface area contributed by atoms with Crippen LogP contribution in [0, 0.1) is 5.92 Å². The van der Waals surface area contributed by atoms with Crippen molar-refractivity contribution in [1.82, 2.24) is 10.6 Å². The Labute approximate surface area is 139 Å². The number of rotatable bonds is 8. The first-order chi connectivity index (χ1) is 11.1. The van der Waals surface area contributed by atoms with Gasteiger partial charge in [0, 0.05) is 18.7 Å². The van der Waals surface area contributed by atoms with Gasteiger partial charge in [-0.05, 0) is 25.0 Å². The SMILES string of the molecule is CCNC(=NCc1ccc(OC)c(OC)c1OC)NCC(C)C. The summed E-state index contributed by atoms with van der Waals surface area (Å²) in [6.45, 7) is 8.53. The summed E-state index contributed by atoms with van der Waals surface area (Å²) in [5.74, 6) is 3.22. The highest BCUT2D eigenvalue weighted by atomic mass is 16.5. The summed E-state index contributed by atoms with van der Waals surface area (Å²) in [7, 11) is 4.82. The van der Waals surface area contributed by atoms with Crippen molar-refractivity contribution < 1.29 is 14.2 Å². The summed E-state index contributed by atoms with van der Waals surface area (Å²) in [5.41, 5.74) is 0.937. The summed E-state index contributed by atoms with van der Waals surface area (Å²) in [4.78, 5) is 4.61. The molecule has 0 fully saturated rings. The molecule has 0 bridgehead atoms. The molecule has 23 heavy (non-hydrogen) atoms. The van der Waals surface area contributed by atoms with Crippen LogP contribution in [0.15, 0.2) is 17.1 Å². The van der Waals surface area contributed by atoms with E-state index in [0.29, 0.717) is 29.7 Å². The van der Waals surface area contributed by atoms with Crippen LogP contribution in [0.2, 0.25) is 0 Å². The molecule has 0 spiro atoms. The maximum atomic E-state index is 5.49. The zero-order chi connectivity index (χ0) is 17.2. The zero-order valence-electron chi connectivity index (χ0n) is 15.0. The third kappa shape index (κ3) is 5.54. The number of guanidine groups is 1. The average molecular weight is 323 g/mol. The highest BCUT2D eigenvalue weighted by Gasteiger charge is 2.15. The second-order valence-corrected chi connectivity index (χ2v) is 5.46. The number of nitrogens with one attached hydrogen (secondary N) is 2. The molecule has 1 aromatic carbocycles. The monoisotopic (exact) mass is 323 g/mol. The molecule has 1 aromatic rings. The first-order valence-corrected chi connectivity index (χ1v) is 7.87. The third-order valence-corrected chi connectivity index (χ3v) is 3.22. The molecule has 2 N–H and O–H groups in total. The van der Waals surface area contributed by atoms with Gasteiger partial charge in [0.2, 0.25) is 5.75 Å². The van der Waals surface area contributed by atoms with Crippen LogP contribution >= 0.6 is 0 Å². The number of hydrogen-bond acceptors (Lipinski definition) is 4. The van der Waals surface area contributed by atoms with E-state index in [1.165, 1.54) is 0 Å². The molecule has 0 unspecified atom stereocenters. The smallest absolute Gasteiger partial charge is 0.203 e. The standard InChI is InChI=1S/C17H29N3O3/c1-7-18-17(19-10-12(2)3)20-11-13-8-9-14(21-4)16(23-6)15(13)22-5/h8-9,12H,7,10-11H2,1-6H3,(H2,18,19,20). The Morgan fingerprint density at radius 2 is 1.74 bits per heavy atom. The second-order valence-electron chi connectivity index (χ2n) is 5.46. The fourth-order valence-corrected chi connectivity index (χ4v) is 2.09. The Bertz CT molecular complexity index is 516. The first kappa shape index (κ1) is 18.9. The molecule has 0 saturated carbocycles. The number of methoxy groups -OCH3 is 3. The van der Waals surface area contributed by atoms with Gasteiger partial charge in [-0.3, -0.25) is 0 Å². The zero-order valence-corrected chi connectivity index (χ0v) is 15.0. The summed E-state index contributed by atoms with van der Waals surface area (Å²) >= 11 is 0. The summed E-state index contributed by atoms with van der Waals surface area (Å²) in [5, 5.41) is 6.56. The van der Waals surface area contributed by atoms with E-state index in [-0.39, 0.29) is 0 Å². The molecule has 0 aromatic heterocycles. The molecule has 130 valence electrons. The van der Waals surface area contributed by atoms with Crippen LogP contribution in [0.5, 0.6) is 17.2 Å². The van der Waals surface area contributed by atoms with E-state index in [4.69, 9.17) is 14.2 Å². The lowest BCUT2D eigenvalue weighted by Crippen LogP contribution is -2.39. The Kier molecular flexibility index (Phi) is 8.08. The number of benzene rings is 1. The summed E-state index contributed by atoms with van der Waals surface area (Å²) in [6.07, 6.45) is 0. The molecule has 6 heteroatoms. The fraction of sp³-hybridized carbons (Fsp3) is 0.588. The molecule has 1 rings (SSSR count). The number of ether oxygens (including phenoxy) is 3. The van der Waals surface area contributed by atoms with Gasteiger partial charge in [0.25, 0.3) is 0 Å². The van der Waals surface area contributed by atoms with Crippen LogP contribution in [0.25, 0.3) is 0 Å². The molecule has 6 nitrogen and oxygen atoms in total. The van der Waals surface area contributed by atoms with Gasteiger partial charge in [-0.25, -0.2) is 4.99 Å². The van der Waals surface area contributed by atoms with Crippen molar-refractivity contribution in [2.24, 2.45) is 10.9 Å². The van der Waals surface area contributed by atoms with E-state index in [1.807, 2.05) is 19.1 Å². The maximum Gasteiger partial charge on any atom is 0.203 e. The van der Waals surface area contributed by atoms with Crippen molar-refractivity contribution in [2.45, 2.75) is 27.3 Å². The van der Waals surface area contributed by atoms with Gasteiger partial charge in [-0.1, -0.05) is 13.8 Å². The maximum absolute atomic E-state index is 5.49. The lowest BCUT2D eigenvalue weighted by molar-refractivity contribution is 0.322. The van der Waals surface area contributed by atoms with E-state index < -0.39 is 0 Å². The number of hydrogen-bond donors (Lipinski definition) is 2. The molecule has 0 saturated heterocycles. The largest absolute Gasteiger partial charge is 0.493 e.